The SMILES string of the molecule is CC(C)n1c(=O)n(C)c2cc(-c3c(-c4cccc(F)c4)nn(S(C)(=O)=O)c3N)ccc21. The van der Waals surface area contributed by atoms with Crippen LogP contribution in [-0.4, -0.2) is 33.0 Å². The number of hydrogen-bond donors (Lipinski definition) is 1. The van der Waals surface area contributed by atoms with Gasteiger partial charge in [-0.25, -0.2) is 17.6 Å². The van der Waals surface area contributed by atoms with Crippen LogP contribution in [0.1, 0.15) is 19.9 Å². The molecule has 0 aliphatic rings. The van der Waals surface area contributed by atoms with Crippen LogP contribution < -0.4 is 11.4 Å². The number of nitrogen functional groups attached to an aromatic ring is 1. The standard InChI is InChI=1S/C21H22FN5O3S/c1-12(2)26-16-9-8-13(11-17(16)25(3)21(26)28)18-19(14-6-5-7-15(22)10-14)24-27(20(18)23)31(4,29)30/h5-12H,23H2,1-4H3. The quantitative estimate of drug-likeness (QED) is 0.522. The zero-order valence-corrected chi connectivity index (χ0v) is 18.3. The van der Waals surface area contributed by atoms with Crippen LogP contribution in [0, 0.1) is 5.82 Å². The summed E-state index contributed by atoms with van der Waals surface area (Å²) in [6.07, 6.45) is 0.991. The van der Waals surface area contributed by atoms with Crippen LogP contribution in [0.4, 0.5) is 10.2 Å². The molecule has 4 rings (SSSR count). The molecule has 2 N–H and O–H groups in total. The van der Waals surface area contributed by atoms with Gasteiger partial charge < -0.3 is 5.73 Å². The highest BCUT2D eigenvalue weighted by Gasteiger charge is 2.24. The second-order valence-corrected chi connectivity index (χ2v) is 9.55. The van der Waals surface area contributed by atoms with Crippen molar-refractivity contribution in [2.45, 2.75) is 19.9 Å². The Kier molecular flexibility index (Phi) is 4.77. The molecule has 0 spiro atoms. The predicted molar refractivity (Wildman–Crippen MR) is 119 cm³/mol. The van der Waals surface area contributed by atoms with Gasteiger partial charge in [0.2, 0.25) is 0 Å². The van der Waals surface area contributed by atoms with Crippen molar-refractivity contribution in [2.75, 3.05) is 12.0 Å². The summed E-state index contributed by atoms with van der Waals surface area (Å²) in [4.78, 5) is 12.7. The van der Waals surface area contributed by atoms with Gasteiger partial charge in [-0.05, 0) is 43.7 Å². The van der Waals surface area contributed by atoms with Crippen LogP contribution in [0.5, 0.6) is 0 Å². The summed E-state index contributed by atoms with van der Waals surface area (Å²) in [6, 6.07) is 11.0. The minimum atomic E-state index is -3.80. The first-order valence-electron chi connectivity index (χ1n) is 9.57. The topological polar surface area (TPSA) is 105 Å². The molecule has 0 radical (unpaired) electrons. The average molecular weight is 444 g/mol. The van der Waals surface area contributed by atoms with E-state index in [9.17, 15) is 17.6 Å². The number of hydrogen-bond acceptors (Lipinski definition) is 5. The lowest BCUT2D eigenvalue weighted by molar-refractivity contribution is 0.583. The van der Waals surface area contributed by atoms with Crippen molar-refractivity contribution in [3.63, 3.8) is 0 Å². The maximum absolute atomic E-state index is 13.9. The van der Waals surface area contributed by atoms with E-state index < -0.39 is 15.8 Å². The van der Waals surface area contributed by atoms with Crippen molar-refractivity contribution in [2.24, 2.45) is 7.05 Å². The number of benzene rings is 2. The minimum Gasteiger partial charge on any atom is -0.382 e. The van der Waals surface area contributed by atoms with Crippen LogP contribution in [0.3, 0.4) is 0 Å². The summed E-state index contributed by atoms with van der Waals surface area (Å²) in [6.45, 7) is 3.84. The molecule has 2 heterocycles. The Labute approximate surface area is 178 Å². The zero-order chi connectivity index (χ0) is 22.7. The highest BCUT2D eigenvalue weighted by molar-refractivity contribution is 7.89. The summed E-state index contributed by atoms with van der Waals surface area (Å²) in [5.41, 5.74) is 8.99. The fourth-order valence-electron chi connectivity index (χ4n) is 3.80. The third-order valence-electron chi connectivity index (χ3n) is 5.20. The lowest BCUT2D eigenvalue weighted by atomic mass is 10.00. The fraction of sp³-hybridized carbons (Fsp3) is 0.238. The Bertz CT molecular complexity index is 1500. The van der Waals surface area contributed by atoms with E-state index in [0.29, 0.717) is 22.2 Å². The number of halogens is 1. The van der Waals surface area contributed by atoms with Crippen molar-refractivity contribution in [3.8, 4) is 22.4 Å². The van der Waals surface area contributed by atoms with Crippen LogP contribution >= 0.6 is 0 Å². The fourth-order valence-corrected chi connectivity index (χ4v) is 4.48. The Morgan fingerprint density at radius 2 is 1.77 bits per heavy atom. The number of rotatable bonds is 4. The van der Waals surface area contributed by atoms with Crippen LogP contribution in [0.25, 0.3) is 33.4 Å². The Morgan fingerprint density at radius 1 is 1.06 bits per heavy atom. The first kappa shape index (κ1) is 20.9. The van der Waals surface area contributed by atoms with Gasteiger partial charge in [0.25, 0.3) is 10.0 Å². The molecule has 2 aromatic heterocycles. The van der Waals surface area contributed by atoms with Crippen molar-refractivity contribution >= 4 is 26.9 Å². The van der Waals surface area contributed by atoms with Gasteiger partial charge in [0.05, 0.1) is 22.9 Å². The van der Waals surface area contributed by atoms with E-state index in [1.54, 1.807) is 35.9 Å². The molecule has 162 valence electrons. The van der Waals surface area contributed by atoms with Crippen LogP contribution in [0.15, 0.2) is 47.3 Å². The van der Waals surface area contributed by atoms with Gasteiger partial charge in [-0.2, -0.15) is 5.10 Å². The Morgan fingerprint density at radius 3 is 2.39 bits per heavy atom. The van der Waals surface area contributed by atoms with E-state index in [4.69, 9.17) is 5.73 Å². The van der Waals surface area contributed by atoms with E-state index in [2.05, 4.69) is 5.10 Å². The molecule has 8 nitrogen and oxygen atoms in total. The monoisotopic (exact) mass is 443 g/mol. The van der Waals surface area contributed by atoms with Crippen molar-refractivity contribution in [3.05, 3.63) is 58.8 Å². The molecule has 0 saturated heterocycles. The number of anilines is 1. The molecule has 0 bridgehead atoms. The average Bonchev–Trinajstić information content (AvgIpc) is 3.16. The normalized spacial score (nSPS) is 12.2. The molecule has 0 saturated carbocycles. The molecular formula is C21H22FN5O3S. The van der Waals surface area contributed by atoms with Crippen LogP contribution in [-0.2, 0) is 17.1 Å². The number of aromatic nitrogens is 4. The van der Waals surface area contributed by atoms with Gasteiger partial charge >= 0.3 is 5.69 Å². The van der Waals surface area contributed by atoms with Gasteiger partial charge in [0.1, 0.15) is 17.3 Å². The number of nitrogens with two attached hydrogens (primary N) is 1. The van der Waals surface area contributed by atoms with E-state index in [1.807, 2.05) is 13.8 Å². The van der Waals surface area contributed by atoms with E-state index in [-0.39, 0.29) is 23.2 Å². The molecule has 10 heteroatoms. The number of fused-ring (bicyclic) bond motifs is 1. The van der Waals surface area contributed by atoms with Crippen molar-refractivity contribution in [1.82, 2.24) is 18.3 Å². The summed E-state index contributed by atoms with van der Waals surface area (Å²) >= 11 is 0. The molecule has 0 fully saturated rings. The van der Waals surface area contributed by atoms with Crippen molar-refractivity contribution in [1.29, 1.82) is 0 Å². The molecule has 0 aliphatic heterocycles. The van der Waals surface area contributed by atoms with Crippen LogP contribution in [0.2, 0.25) is 0 Å². The second-order valence-electron chi connectivity index (χ2n) is 7.73. The molecule has 0 aliphatic carbocycles. The van der Waals surface area contributed by atoms with E-state index in [1.165, 1.54) is 22.8 Å². The molecule has 4 aromatic rings. The zero-order valence-electron chi connectivity index (χ0n) is 17.5. The summed E-state index contributed by atoms with van der Waals surface area (Å²) in [5.74, 6) is -0.572. The predicted octanol–water partition coefficient (Wildman–Crippen LogP) is 2.98. The Hall–Kier alpha value is -3.40. The van der Waals surface area contributed by atoms with Gasteiger partial charge in [0.15, 0.2) is 0 Å². The van der Waals surface area contributed by atoms with Gasteiger partial charge in [-0.3, -0.25) is 9.13 Å². The maximum Gasteiger partial charge on any atom is 0.329 e. The smallest absolute Gasteiger partial charge is 0.329 e. The van der Waals surface area contributed by atoms with Gasteiger partial charge in [-0.1, -0.05) is 18.2 Å². The van der Waals surface area contributed by atoms with Gasteiger partial charge in [-0.15, -0.1) is 4.09 Å². The second kappa shape index (κ2) is 7.09. The number of nitrogens with zero attached hydrogens (tertiary/aromatic N) is 4. The highest BCUT2D eigenvalue weighted by atomic mass is 32.2. The lowest BCUT2D eigenvalue weighted by Gasteiger charge is -2.08. The summed E-state index contributed by atoms with van der Waals surface area (Å²) in [7, 11) is -2.13. The van der Waals surface area contributed by atoms with Crippen molar-refractivity contribution < 1.29 is 12.8 Å². The molecular weight excluding hydrogens is 421 g/mol. The molecule has 0 amide bonds. The summed E-state index contributed by atoms with van der Waals surface area (Å²) in [5, 5.41) is 4.19. The largest absolute Gasteiger partial charge is 0.382 e. The number of aryl methyl sites for hydroxylation is 1. The molecule has 31 heavy (non-hydrogen) atoms. The summed E-state index contributed by atoms with van der Waals surface area (Å²) < 4.78 is 42.3. The maximum atomic E-state index is 13.9. The third-order valence-corrected chi connectivity index (χ3v) is 6.10. The van der Waals surface area contributed by atoms with Gasteiger partial charge in [0, 0.05) is 18.7 Å². The van der Waals surface area contributed by atoms with E-state index >= 15 is 0 Å². The van der Waals surface area contributed by atoms with E-state index in [0.717, 1.165) is 15.9 Å². The first-order chi connectivity index (χ1) is 14.5. The number of imidazole rings is 1. The molecule has 0 atom stereocenters. The molecule has 2 aromatic carbocycles. The first-order valence-corrected chi connectivity index (χ1v) is 11.4. The minimum absolute atomic E-state index is 0.0389. The Balaban J connectivity index is 2.06. The highest BCUT2D eigenvalue weighted by Crippen LogP contribution is 2.38. The molecule has 0 unspecified atom stereocenters. The lowest BCUT2D eigenvalue weighted by Crippen LogP contribution is -2.23. The third kappa shape index (κ3) is 3.32.